The van der Waals surface area contributed by atoms with Gasteiger partial charge in [-0.1, -0.05) is 6.07 Å². The number of pyridine rings is 2. The lowest BCUT2D eigenvalue weighted by Gasteiger charge is -2.21. The maximum absolute atomic E-state index is 11.7. The zero-order valence-electron chi connectivity index (χ0n) is 10.7. The van der Waals surface area contributed by atoms with Crippen LogP contribution < -0.4 is 10.5 Å². The van der Waals surface area contributed by atoms with Gasteiger partial charge in [-0.05, 0) is 18.2 Å². The number of nitrogens with zero attached hydrogens (tertiary/aromatic N) is 3. The van der Waals surface area contributed by atoms with E-state index in [1.54, 1.807) is 30.2 Å². The molecule has 4 nitrogen and oxygen atoms in total. The Labute approximate surface area is 116 Å². The van der Waals surface area contributed by atoms with Gasteiger partial charge in [0.25, 0.3) is 5.56 Å². The van der Waals surface area contributed by atoms with Gasteiger partial charge in [0.05, 0.1) is 5.03 Å². The minimum absolute atomic E-state index is 0.0964. The first-order valence-corrected chi connectivity index (χ1v) is 7.10. The molecule has 1 unspecified atom stereocenters. The van der Waals surface area contributed by atoms with Crippen molar-refractivity contribution in [3.8, 4) is 0 Å². The number of anilines is 1. The van der Waals surface area contributed by atoms with E-state index in [9.17, 15) is 4.79 Å². The fourth-order valence-corrected chi connectivity index (χ4v) is 3.61. The van der Waals surface area contributed by atoms with Gasteiger partial charge in [0, 0.05) is 49.5 Å². The summed E-state index contributed by atoms with van der Waals surface area (Å²) in [4.78, 5) is 18.0. The quantitative estimate of drug-likeness (QED) is 0.855. The number of fused-ring (bicyclic) bond motifs is 1. The van der Waals surface area contributed by atoms with Crippen molar-refractivity contribution >= 4 is 17.4 Å². The highest BCUT2D eigenvalue weighted by Gasteiger charge is 2.23. The minimum Gasteiger partial charge on any atom is -0.373 e. The van der Waals surface area contributed by atoms with Crippen molar-refractivity contribution in [3.63, 3.8) is 0 Å². The van der Waals surface area contributed by atoms with Crippen molar-refractivity contribution in [2.45, 2.75) is 16.8 Å². The molecule has 2 aromatic heterocycles. The molecule has 3 heterocycles. The second-order valence-electron chi connectivity index (χ2n) is 4.64. The summed E-state index contributed by atoms with van der Waals surface area (Å²) in [6, 6.07) is 9.46. The van der Waals surface area contributed by atoms with Crippen LogP contribution in [0.1, 0.15) is 0 Å². The van der Waals surface area contributed by atoms with Crippen molar-refractivity contribution in [2.24, 2.45) is 0 Å². The highest BCUT2D eigenvalue weighted by Crippen LogP contribution is 2.31. The number of aromatic nitrogens is 2. The lowest BCUT2D eigenvalue weighted by molar-refractivity contribution is 0.622. The van der Waals surface area contributed by atoms with Crippen LogP contribution in [0.15, 0.2) is 52.5 Å². The standard InChI is InChI=1S/C14H15N3OS/c1-16(11-5-7-15-8-6-11)9-12-10-17-13(18)3-2-4-14(17)19-12/h2-8,12H,9-10H2,1H3. The average Bonchev–Trinajstić information content (AvgIpc) is 2.84. The van der Waals surface area contributed by atoms with Crippen LogP contribution in [0.25, 0.3) is 0 Å². The third kappa shape index (κ3) is 2.51. The molecular formula is C14H15N3OS. The van der Waals surface area contributed by atoms with Crippen LogP contribution in [0.5, 0.6) is 0 Å². The third-order valence-corrected chi connectivity index (χ3v) is 4.49. The monoisotopic (exact) mass is 273 g/mol. The van der Waals surface area contributed by atoms with Crippen LogP contribution in [-0.4, -0.2) is 28.4 Å². The second-order valence-corrected chi connectivity index (χ2v) is 5.96. The summed E-state index contributed by atoms with van der Waals surface area (Å²) in [6.07, 6.45) is 3.60. The molecule has 0 N–H and O–H groups in total. The van der Waals surface area contributed by atoms with E-state index in [1.165, 1.54) is 0 Å². The van der Waals surface area contributed by atoms with Crippen LogP contribution in [0.4, 0.5) is 5.69 Å². The molecule has 98 valence electrons. The fraction of sp³-hybridized carbons (Fsp3) is 0.286. The van der Waals surface area contributed by atoms with E-state index in [1.807, 2.05) is 28.8 Å². The highest BCUT2D eigenvalue weighted by molar-refractivity contribution is 8.00. The first-order valence-electron chi connectivity index (χ1n) is 6.22. The van der Waals surface area contributed by atoms with Gasteiger partial charge in [0.1, 0.15) is 0 Å². The van der Waals surface area contributed by atoms with Crippen molar-refractivity contribution in [1.29, 1.82) is 0 Å². The molecule has 0 bridgehead atoms. The number of rotatable bonds is 3. The van der Waals surface area contributed by atoms with Crippen LogP contribution in [0, 0.1) is 0 Å². The number of hydrogen-bond acceptors (Lipinski definition) is 4. The van der Waals surface area contributed by atoms with Crippen LogP contribution in [-0.2, 0) is 6.54 Å². The smallest absolute Gasteiger partial charge is 0.251 e. The first-order chi connectivity index (χ1) is 9.24. The van der Waals surface area contributed by atoms with E-state index < -0.39 is 0 Å². The second kappa shape index (κ2) is 5.09. The maximum atomic E-state index is 11.7. The zero-order valence-corrected chi connectivity index (χ0v) is 11.5. The Morgan fingerprint density at radius 1 is 1.37 bits per heavy atom. The summed E-state index contributed by atoms with van der Waals surface area (Å²) in [5.74, 6) is 0. The van der Waals surface area contributed by atoms with Crippen LogP contribution >= 0.6 is 11.8 Å². The van der Waals surface area contributed by atoms with E-state index in [0.717, 1.165) is 23.8 Å². The Bertz CT molecular complexity index is 626. The molecule has 0 amide bonds. The van der Waals surface area contributed by atoms with Crippen molar-refractivity contribution in [3.05, 3.63) is 53.1 Å². The first kappa shape index (κ1) is 12.3. The molecule has 0 spiro atoms. The zero-order chi connectivity index (χ0) is 13.2. The lowest BCUT2D eigenvalue weighted by Crippen LogP contribution is -2.29. The van der Waals surface area contributed by atoms with E-state index in [4.69, 9.17) is 0 Å². The molecule has 1 aliphatic rings. The molecule has 1 aliphatic heterocycles. The summed E-state index contributed by atoms with van der Waals surface area (Å²) in [6.45, 7) is 1.70. The number of hydrogen-bond donors (Lipinski definition) is 0. The van der Waals surface area contributed by atoms with E-state index >= 15 is 0 Å². The molecule has 0 fully saturated rings. The molecule has 1 atom stereocenters. The summed E-state index contributed by atoms with van der Waals surface area (Å²) < 4.78 is 1.86. The Morgan fingerprint density at radius 3 is 2.89 bits per heavy atom. The largest absolute Gasteiger partial charge is 0.373 e. The fourth-order valence-electron chi connectivity index (χ4n) is 2.30. The van der Waals surface area contributed by atoms with Gasteiger partial charge in [-0.3, -0.25) is 9.78 Å². The maximum Gasteiger partial charge on any atom is 0.251 e. The van der Waals surface area contributed by atoms with E-state index in [2.05, 4.69) is 16.9 Å². The van der Waals surface area contributed by atoms with Gasteiger partial charge in [0.15, 0.2) is 0 Å². The van der Waals surface area contributed by atoms with Gasteiger partial charge in [-0.15, -0.1) is 11.8 Å². The summed E-state index contributed by atoms with van der Waals surface area (Å²) in [5.41, 5.74) is 1.25. The molecule has 5 heteroatoms. The van der Waals surface area contributed by atoms with Crippen molar-refractivity contribution in [1.82, 2.24) is 9.55 Å². The van der Waals surface area contributed by atoms with Crippen molar-refractivity contribution in [2.75, 3.05) is 18.5 Å². The number of thioether (sulfide) groups is 1. The predicted molar refractivity (Wildman–Crippen MR) is 77.9 cm³/mol. The molecule has 0 radical (unpaired) electrons. The summed E-state index contributed by atoms with van der Waals surface area (Å²) >= 11 is 1.78. The molecule has 3 rings (SSSR count). The van der Waals surface area contributed by atoms with E-state index in [-0.39, 0.29) is 5.56 Å². The Balaban J connectivity index is 1.71. The Morgan fingerprint density at radius 2 is 2.16 bits per heavy atom. The van der Waals surface area contributed by atoms with Gasteiger partial charge >= 0.3 is 0 Å². The van der Waals surface area contributed by atoms with Crippen molar-refractivity contribution < 1.29 is 0 Å². The highest BCUT2D eigenvalue weighted by atomic mass is 32.2. The normalized spacial score (nSPS) is 17.2. The third-order valence-electron chi connectivity index (χ3n) is 3.26. The van der Waals surface area contributed by atoms with Gasteiger partial charge in [-0.25, -0.2) is 0 Å². The van der Waals surface area contributed by atoms with Crippen LogP contribution in [0.2, 0.25) is 0 Å². The summed E-state index contributed by atoms with van der Waals surface area (Å²) in [5, 5.41) is 1.48. The van der Waals surface area contributed by atoms with Gasteiger partial charge < -0.3 is 9.47 Å². The Kier molecular flexibility index (Phi) is 3.29. The lowest BCUT2D eigenvalue weighted by atomic mass is 10.3. The minimum atomic E-state index is 0.0964. The molecule has 0 saturated carbocycles. The predicted octanol–water partition coefficient (Wildman–Crippen LogP) is 1.85. The Hall–Kier alpha value is -1.75. The molecule has 2 aromatic rings. The average molecular weight is 273 g/mol. The van der Waals surface area contributed by atoms with E-state index in [0.29, 0.717) is 5.25 Å². The van der Waals surface area contributed by atoms with Gasteiger partial charge in [0.2, 0.25) is 0 Å². The molecule has 0 saturated heterocycles. The topological polar surface area (TPSA) is 38.1 Å². The van der Waals surface area contributed by atoms with Gasteiger partial charge in [-0.2, -0.15) is 0 Å². The summed E-state index contributed by atoms with van der Waals surface area (Å²) in [7, 11) is 2.07. The molecule has 19 heavy (non-hydrogen) atoms. The molecule has 0 aromatic carbocycles. The van der Waals surface area contributed by atoms with Crippen LogP contribution in [0.3, 0.4) is 0 Å². The SMILES string of the molecule is CN(CC1Cn2c(cccc2=O)S1)c1ccncc1. The molecular weight excluding hydrogens is 258 g/mol. The molecule has 0 aliphatic carbocycles.